The van der Waals surface area contributed by atoms with Crippen molar-refractivity contribution >= 4 is 17.3 Å². The first-order valence-corrected chi connectivity index (χ1v) is 8.60. The number of nitrogens with zero attached hydrogens (tertiary/aromatic N) is 3. The zero-order chi connectivity index (χ0) is 16.2. The fraction of sp³-hybridized carbons (Fsp3) is 0.474. The van der Waals surface area contributed by atoms with E-state index in [2.05, 4.69) is 65.2 Å². The lowest BCUT2D eigenvalue weighted by molar-refractivity contribution is 0.446. The van der Waals surface area contributed by atoms with Gasteiger partial charge >= 0.3 is 0 Å². The molecule has 1 aromatic heterocycles. The summed E-state index contributed by atoms with van der Waals surface area (Å²) in [4.78, 5) is 11.4. The third-order valence-corrected chi connectivity index (χ3v) is 4.70. The molecule has 1 saturated heterocycles. The van der Waals surface area contributed by atoms with E-state index in [4.69, 9.17) is 0 Å². The van der Waals surface area contributed by atoms with Gasteiger partial charge < -0.3 is 10.2 Å². The molecule has 4 nitrogen and oxygen atoms in total. The molecule has 23 heavy (non-hydrogen) atoms. The molecule has 122 valence electrons. The first-order valence-electron chi connectivity index (χ1n) is 8.60. The van der Waals surface area contributed by atoms with Crippen molar-refractivity contribution in [1.29, 1.82) is 0 Å². The monoisotopic (exact) mass is 310 g/mol. The summed E-state index contributed by atoms with van der Waals surface area (Å²) >= 11 is 0. The Balaban J connectivity index is 1.83. The molecule has 1 atom stereocenters. The van der Waals surface area contributed by atoms with Crippen molar-refractivity contribution in [2.45, 2.75) is 52.5 Å². The lowest BCUT2D eigenvalue weighted by Gasteiger charge is -2.36. The highest BCUT2D eigenvalue weighted by atomic mass is 15.2. The predicted molar refractivity (Wildman–Crippen MR) is 96.5 cm³/mol. The van der Waals surface area contributed by atoms with Crippen LogP contribution in [0.3, 0.4) is 0 Å². The number of aromatic nitrogens is 2. The Morgan fingerprint density at radius 2 is 2.04 bits per heavy atom. The summed E-state index contributed by atoms with van der Waals surface area (Å²) in [5.41, 5.74) is 3.58. The fourth-order valence-electron chi connectivity index (χ4n) is 3.31. The average molecular weight is 310 g/mol. The highest BCUT2D eigenvalue weighted by molar-refractivity contribution is 5.63. The summed E-state index contributed by atoms with van der Waals surface area (Å²) in [6, 6.07) is 9.11. The standard InChI is InChI=1S/C19H26N4/c1-4-16-7-5-6-10-23(16)19-12-18(20-13-21-19)22-17-11-14(2)8-9-15(17)3/h8-9,11-13,16H,4-7,10H2,1-3H3,(H,20,21,22). The number of hydrogen-bond donors (Lipinski definition) is 1. The van der Waals surface area contributed by atoms with Gasteiger partial charge in [-0.15, -0.1) is 0 Å². The molecule has 4 heteroatoms. The number of piperidine rings is 1. The van der Waals surface area contributed by atoms with Crippen LogP contribution in [0.4, 0.5) is 17.3 Å². The van der Waals surface area contributed by atoms with Crippen molar-refractivity contribution in [1.82, 2.24) is 9.97 Å². The molecule has 0 bridgehead atoms. The maximum absolute atomic E-state index is 4.52. The van der Waals surface area contributed by atoms with Crippen molar-refractivity contribution < 1.29 is 0 Å². The number of aryl methyl sites for hydroxylation is 2. The highest BCUT2D eigenvalue weighted by Crippen LogP contribution is 2.27. The smallest absolute Gasteiger partial charge is 0.135 e. The van der Waals surface area contributed by atoms with Crippen LogP contribution >= 0.6 is 0 Å². The maximum atomic E-state index is 4.52. The van der Waals surface area contributed by atoms with Crippen LogP contribution in [0.2, 0.25) is 0 Å². The van der Waals surface area contributed by atoms with Gasteiger partial charge in [-0.1, -0.05) is 19.1 Å². The number of hydrogen-bond acceptors (Lipinski definition) is 4. The second-order valence-corrected chi connectivity index (χ2v) is 6.46. The minimum Gasteiger partial charge on any atom is -0.353 e. The van der Waals surface area contributed by atoms with E-state index >= 15 is 0 Å². The minimum absolute atomic E-state index is 0.604. The lowest BCUT2D eigenvalue weighted by atomic mass is 10.0. The van der Waals surface area contributed by atoms with E-state index in [1.165, 1.54) is 36.8 Å². The Labute approximate surface area is 139 Å². The average Bonchev–Trinajstić information content (AvgIpc) is 2.58. The summed E-state index contributed by atoms with van der Waals surface area (Å²) in [5, 5.41) is 3.45. The summed E-state index contributed by atoms with van der Waals surface area (Å²) in [6.07, 6.45) is 6.68. The predicted octanol–water partition coefficient (Wildman–Crippen LogP) is 4.61. The normalized spacial score (nSPS) is 18.0. The molecule has 0 spiro atoms. The Bertz CT molecular complexity index is 668. The van der Waals surface area contributed by atoms with Gasteiger partial charge in [-0.05, 0) is 56.7 Å². The SMILES string of the molecule is CCC1CCCCN1c1cc(Nc2cc(C)ccc2C)ncn1. The second-order valence-electron chi connectivity index (χ2n) is 6.46. The van der Waals surface area contributed by atoms with E-state index in [0.29, 0.717) is 6.04 Å². The summed E-state index contributed by atoms with van der Waals surface area (Å²) in [5.74, 6) is 1.91. The van der Waals surface area contributed by atoms with Crippen LogP contribution < -0.4 is 10.2 Å². The van der Waals surface area contributed by atoms with Gasteiger partial charge in [0.1, 0.15) is 18.0 Å². The number of anilines is 3. The second kappa shape index (κ2) is 6.99. The molecule has 0 radical (unpaired) electrons. The maximum Gasteiger partial charge on any atom is 0.135 e. The highest BCUT2D eigenvalue weighted by Gasteiger charge is 2.22. The van der Waals surface area contributed by atoms with Crippen molar-refractivity contribution in [2.75, 3.05) is 16.8 Å². The molecule has 2 aromatic rings. The van der Waals surface area contributed by atoms with Gasteiger partial charge in [-0.25, -0.2) is 9.97 Å². The van der Waals surface area contributed by atoms with Crippen molar-refractivity contribution in [3.63, 3.8) is 0 Å². The lowest BCUT2D eigenvalue weighted by Crippen LogP contribution is -2.39. The first kappa shape index (κ1) is 15.8. The molecule has 1 aromatic carbocycles. The minimum atomic E-state index is 0.604. The van der Waals surface area contributed by atoms with Gasteiger partial charge in [0.05, 0.1) is 0 Å². The topological polar surface area (TPSA) is 41.0 Å². The molecular weight excluding hydrogens is 284 g/mol. The summed E-state index contributed by atoms with van der Waals surface area (Å²) in [7, 11) is 0. The molecule has 0 aliphatic carbocycles. The zero-order valence-electron chi connectivity index (χ0n) is 14.3. The third kappa shape index (κ3) is 3.63. The van der Waals surface area contributed by atoms with Crippen LogP contribution in [0.25, 0.3) is 0 Å². The van der Waals surface area contributed by atoms with E-state index < -0.39 is 0 Å². The summed E-state index contributed by atoms with van der Waals surface area (Å²) < 4.78 is 0. The van der Waals surface area contributed by atoms with Gasteiger partial charge in [0.25, 0.3) is 0 Å². The van der Waals surface area contributed by atoms with E-state index in [1.807, 2.05) is 0 Å². The molecule has 1 unspecified atom stereocenters. The van der Waals surface area contributed by atoms with Crippen molar-refractivity contribution in [3.05, 3.63) is 41.7 Å². The Morgan fingerprint density at radius 3 is 2.87 bits per heavy atom. The molecule has 2 heterocycles. The molecule has 1 aliphatic rings. The Hall–Kier alpha value is -2.10. The fourth-order valence-corrected chi connectivity index (χ4v) is 3.31. The zero-order valence-corrected chi connectivity index (χ0v) is 14.3. The third-order valence-electron chi connectivity index (χ3n) is 4.70. The van der Waals surface area contributed by atoms with E-state index in [-0.39, 0.29) is 0 Å². The molecule has 0 saturated carbocycles. The van der Waals surface area contributed by atoms with Gasteiger partial charge in [0.2, 0.25) is 0 Å². The van der Waals surface area contributed by atoms with Gasteiger partial charge in [0, 0.05) is 24.3 Å². The van der Waals surface area contributed by atoms with Crippen molar-refractivity contribution in [2.24, 2.45) is 0 Å². The van der Waals surface area contributed by atoms with Crippen LogP contribution in [0.15, 0.2) is 30.6 Å². The number of benzene rings is 1. The van der Waals surface area contributed by atoms with Crippen molar-refractivity contribution in [3.8, 4) is 0 Å². The van der Waals surface area contributed by atoms with Crippen LogP contribution in [0.5, 0.6) is 0 Å². The molecular formula is C19H26N4. The van der Waals surface area contributed by atoms with E-state index in [9.17, 15) is 0 Å². The largest absolute Gasteiger partial charge is 0.353 e. The summed E-state index contributed by atoms with van der Waals surface area (Å²) in [6.45, 7) is 7.58. The Morgan fingerprint density at radius 1 is 1.17 bits per heavy atom. The molecule has 0 amide bonds. The van der Waals surface area contributed by atoms with Crippen LogP contribution in [-0.2, 0) is 0 Å². The Kier molecular flexibility index (Phi) is 4.79. The molecule has 1 N–H and O–H groups in total. The quantitative estimate of drug-likeness (QED) is 0.895. The number of nitrogens with one attached hydrogen (secondary N) is 1. The van der Waals surface area contributed by atoms with Gasteiger partial charge in [-0.3, -0.25) is 0 Å². The van der Waals surface area contributed by atoms with Crippen LogP contribution in [-0.4, -0.2) is 22.6 Å². The van der Waals surface area contributed by atoms with Gasteiger partial charge in [-0.2, -0.15) is 0 Å². The van der Waals surface area contributed by atoms with Gasteiger partial charge in [0.15, 0.2) is 0 Å². The number of rotatable bonds is 4. The first-order chi connectivity index (χ1) is 11.2. The van der Waals surface area contributed by atoms with E-state index in [1.54, 1.807) is 6.33 Å². The molecule has 1 aliphatic heterocycles. The molecule has 3 rings (SSSR count). The van der Waals surface area contributed by atoms with Crippen LogP contribution in [0, 0.1) is 13.8 Å². The van der Waals surface area contributed by atoms with E-state index in [0.717, 1.165) is 23.9 Å². The molecule has 1 fully saturated rings. The van der Waals surface area contributed by atoms with Crippen LogP contribution in [0.1, 0.15) is 43.7 Å².